The van der Waals surface area contributed by atoms with E-state index in [0.29, 0.717) is 6.42 Å². The summed E-state index contributed by atoms with van der Waals surface area (Å²) in [5, 5.41) is 34.0. The number of hydrogen-bond donors (Lipinski definition) is 9. The van der Waals surface area contributed by atoms with Crippen molar-refractivity contribution >= 4 is 41.6 Å². The number of carbonyl (C=O) groups is 6. The zero-order valence-corrected chi connectivity index (χ0v) is 20.1. The number of nitrogens with zero attached hydrogens (tertiary/aromatic N) is 1. The van der Waals surface area contributed by atoms with Gasteiger partial charge in [-0.05, 0) is 25.2 Å². The highest BCUT2D eigenvalue weighted by Crippen LogP contribution is 2.06. The summed E-state index contributed by atoms with van der Waals surface area (Å²) in [5.41, 5.74) is 16.2. The van der Waals surface area contributed by atoms with Crippen LogP contribution in [0.15, 0.2) is 4.99 Å². The fourth-order valence-corrected chi connectivity index (χ4v) is 2.89. The second kappa shape index (κ2) is 15.9. The fraction of sp³-hybridized carbons (Fsp3) is 0.650. The van der Waals surface area contributed by atoms with Gasteiger partial charge in [0.25, 0.3) is 0 Å². The van der Waals surface area contributed by atoms with E-state index in [-0.39, 0.29) is 18.9 Å². The third-order valence-corrected chi connectivity index (χ3v) is 4.83. The molecule has 12 N–H and O–H groups in total. The van der Waals surface area contributed by atoms with Crippen LogP contribution in [0.25, 0.3) is 0 Å². The van der Waals surface area contributed by atoms with Gasteiger partial charge < -0.3 is 48.5 Å². The van der Waals surface area contributed by atoms with E-state index in [2.05, 4.69) is 20.9 Å². The van der Waals surface area contributed by atoms with Crippen molar-refractivity contribution in [1.82, 2.24) is 16.0 Å². The van der Waals surface area contributed by atoms with Gasteiger partial charge in [0.2, 0.25) is 17.7 Å². The third kappa shape index (κ3) is 13.1. The van der Waals surface area contributed by atoms with Gasteiger partial charge in [-0.2, -0.15) is 0 Å². The first kappa shape index (κ1) is 32.0. The number of nitrogens with one attached hydrogen (secondary N) is 3. The monoisotopic (exact) mass is 517 g/mol. The van der Waals surface area contributed by atoms with Crippen molar-refractivity contribution < 1.29 is 44.1 Å². The van der Waals surface area contributed by atoms with Crippen LogP contribution in [0.4, 0.5) is 0 Å². The van der Waals surface area contributed by atoms with Crippen molar-refractivity contribution in [1.29, 1.82) is 0 Å². The molecule has 0 aromatic rings. The number of nitrogens with two attached hydrogens (primary N) is 3. The Morgan fingerprint density at radius 3 is 1.83 bits per heavy atom. The largest absolute Gasteiger partial charge is 0.481 e. The molecule has 0 bridgehead atoms. The molecule has 204 valence electrons. The molecule has 4 unspecified atom stereocenters. The van der Waals surface area contributed by atoms with Crippen molar-refractivity contribution in [3.63, 3.8) is 0 Å². The summed E-state index contributed by atoms with van der Waals surface area (Å²) in [6.07, 6.45) is -1.42. The minimum Gasteiger partial charge on any atom is -0.481 e. The summed E-state index contributed by atoms with van der Waals surface area (Å²) in [6.45, 7) is 3.25. The van der Waals surface area contributed by atoms with Crippen LogP contribution in [0.3, 0.4) is 0 Å². The minimum atomic E-state index is -1.65. The first-order chi connectivity index (χ1) is 16.6. The summed E-state index contributed by atoms with van der Waals surface area (Å²) in [5.74, 6) is -7.68. The summed E-state index contributed by atoms with van der Waals surface area (Å²) in [6, 6.07) is -5.63. The Morgan fingerprint density at radius 1 is 0.806 bits per heavy atom. The van der Waals surface area contributed by atoms with Gasteiger partial charge in [-0.15, -0.1) is 0 Å². The van der Waals surface area contributed by atoms with Crippen LogP contribution in [0, 0.1) is 5.92 Å². The lowest BCUT2D eigenvalue weighted by molar-refractivity contribution is -0.144. The van der Waals surface area contributed by atoms with Gasteiger partial charge in [-0.25, -0.2) is 4.79 Å². The minimum absolute atomic E-state index is 0.111. The van der Waals surface area contributed by atoms with Crippen LogP contribution < -0.4 is 33.2 Å². The lowest BCUT2D eigenvalue weighted by Crippen LogP contribution is -2.58. The van der Waals surface area contributed by atoms with Crippen LogP contribution in [0.1, 0.15) is 46.0 Å². The average Bonchev–Trinajstić information content (AvgIpc) is 2.75. The molecule has 0 rings (SSSR count). The molecule has 0 saturated heterocycles. The number of amides is 3. The zero-order chi connectivity index (χ0) is 28.0. The molecule has 0 saturated carbocycles. The molecule has 0 fully saturated rings. The number of hydrogen-bond acceptors (Lipinski definition) is 8. The van der Waals surface area contributed by atoms with E-state index in [1.165, 1.54) is 13.8 Å². The molecule has 0 radical (unpaired) electrons. The number of carboxylic acid groups (broad SMARTS) is 3. The molecular formula is C20H35N7O9. The molecule has 0 aliphatic rings. The second-order valence-electron chi connectivity index (χ2n) is 8.28. The van der Waals surface area contributed by atoms with Gasteiger partial charge in [0.05, 0.1) is 12.5 Å². The van der Waals surface area contributed by atoms with Gasteiger partial charge in [0.1, 0.15) is 18.1 Å². The Labute approximate surface area is 207 Å². The first-order valence-corrected chi connectivity index (χ1v) is 11.0. The quantitative estimate of drug-likeness (QED) is 0.0526. The van der Waals surface area contributed by atoms with E-state index in [9.17, 15) is 33.9 Å². The molecule has 3 amide bonds. The summed E-state index contributed by atoms with van der Waals surface area (Å²) in [4.78, 5) is 75.1. The normalized spacial score (nSPS) is 14.0. The van der Waals surface area contributed by atoms with Crippen LogP contribution >= 0.6 is 0 Å². The molecule has 16 heteroatoms. The Kier molecular flexibility index (Phi) is 14.1. The molecule has 0 aliphatic carbocycles. The van der Waals surface area contributed by atoms with E-state index < -0.39 is 85.0 Å². The summed E-state index contributed by atoms with van der Waals surface area (Å²) >= 11 is 0. The van der Waals surface area contributed by atoms with Gasteiger partial charge >= 0.3 is 17.9 Å². The van der Waals surface area contributed by atoms with Crippen molar-refractivity contribution in [2.75, 3.05) is 6.54 Å². The predicted octanol–water partition coefficient (Wildman–Crippen LogP) is -3.10. The van der Waals surface area contributed by atoms with Gasteiger partial charge in [-0.3, -0.25) is 29.0 Å². The van der Waals surface area contributed by atoms with Gasteiger partial charge in [-0.1, -0.05) is 13.8 Å². The molecule has 16 nitrogen and oxygen atoms in total. The Morgan fingerprint density at radius 2 is 1.36 bits per heavy atom. The lowest BCUT2D eigenvalue weighted by atomic mass is 10.0. The number of carboxylic acids is 3. The predicted molar refractivity (Wildman–Crippen MR) is 125 cm³/mol. The van der Waals surface area contributed by atoms with Crippen LogP contribution in [0.2, 0.25) is 0 Å². The molecule has 0 aromatic carbocycles. The number of aliphatic carboxylic acids is 3. The third-order valence-electron chi connectivity index (χ3n) is 4.83. The van der Waals surface area contributed by atoms with Crippen molar-refractivity contribution in [3.8, 4) is 0 Å². The van der Waals surface area contributed by atoms with Crippen molar-refractivity contribution in [2.45, 2.75) is 70.1 Å². The Hall–Kier alpha value is -3.95. The maximum atomic E-state index is 12.8. The Bertz CT molecular complexity index is 843. The first-order valence-electron chi connectivity index (χ1n) is 11.0. The second-order valence-corrected chi connectivity index (χ2v) is 8.28. The number of carbonyl (C=O) groups excluding carboxylic acids is 3. The van der Waals surface area contributed by atoms with Gasteiger partial charge in [0, 0.05) is 13.0 Å². The van der Waals surface area contributed by atoms with Crippen LogP contribution in [0.5, 0.6) is 0 Å². The molecule has 0 aromatic heterocycles. The van der Waals surface area contributed by atoms with E-state index >= 15 is 0 Å². The maximum absolute atomic E-state index is 12.8. The molecule has 4 atom stereocenters. The Balaban J connectivity index is 5.48. The number of aliphatic imine (C=N–C) groups is 1. The lowest BCUT2D eigenvalue weighted by Gasteiger charge is -2.25. The number of rotatable bonds is 17. The highest BCUT2D eigenvalue weighted by Gasteiger charge is 2.32. The SMILES string of the molecule is CC(C)C(NC(=O)C(CCC(=O)O)NC(=O)C(CC(=O)O)NC(=O)C(N)CCCN=C(N)N)C(=O)O. The maximum Gasteiger partial charge on any atom is 0.326 e. The highest BCUT2D eigenvalue weighted by atomic mass is 16.4. The summed E-state index contributed by atoms with van der Waals surface area (Å²) in [7, 11) is 0. The zero-order valence-electron chi connectivity index (χ0n) is 20.1. The molecule has 36 heavy (non-hydrogen) atoms. The van der Waals surface area contributed by atoms with E-state index in [4.69, 9.17) is 27.4 Å². The van der Waals surface area contributed by atoms with E-state index in [0.717, 1.165) is 0 Å². The smallest absolute Gasteiger partial charge is 0.326 e. The molecular weight excluding hydrogens is 482 g/mol. The van der Waals surface area contributed by atoms with E-state index in [1.807, 2.05) is 0 Å². The highest BCUT2D eigenvalue weighted by molar-refractivity contribution is 5.95. The van der Waals surface area contributed by atoms with Crippen molar-refractivity contribution in [2.24, 2.45) is 28.1 Å². The van der Waals surface area contributed by atoms with Crippen LogP contribution in [-0.2, 0) is 28.8 Å². The molecule has 0 heterocycles. The van der Waals surface area contributed by atoms with Gasteiger partial charge in [0.15, 0.2) is 5.96 Å². The molecule has 0 aliphatic heterocycles. The topological polar surface area (TPSA) is 290 Å². The van der Waals surface area contributed by atoms with Crippen LogP contribution in [-0.4, -0.2) is 87.6 Å². The average molecular weight is 518 g/mol. The fourth-order valence-electron chi connectivity index (χ4n) is 2.89. The standard InChI is InChI=1S/C20H35N7O9/c1-9(2)15(19(35)36)27-17(33)11(5-6-13(28)29)25-18(34)12(8-14(30)31)26-16(32)10(21)4-3-7-24-20(22)23/h9-12,15H,3-8,21H2,1-2H3,(H,25,34)(H,26,32)(H,27,33)(H,28,29)(H,30,31)(H,35,36)(H4,22,23,24). The van der Waals surface area contributed by atoms with E-state index in [1.54, 1.807) is 0 Å². The van der Waals surface area contributed by atoms with Crippen molar-refractivity contribution in [3.05, 3.63) is 0 Å². The number of guanidine groups is 1. The summed E-state index contributed by atoms with van der Waals surface area (Å²) < 4.78 is 0. The molecule has 0 spiro atoms.